The molecule has 3 aromatic carbocycles. The third-order valence-corrected chi connectivity index (χ3v) is 3.39. The van der Waals surface area contributed by atoms with Crippen LogP contribution in [0.1, 0.15) is 27.2 Å². The van der Waals surface area contributed by atoms with Gasteiger partial charge in [-0.2, -0.15) is 6.08 Å². The van der Waals surface area contributed by atoms with Gasteiger partial charge in [-0.1, -0.05) is 43.3 Å². The van der Waals surface area contributed by atoms with Crippen LogP contribution < -0.4 is 0 Å². The zero-order chi connectivity index (χ0) is 16.7. The van der Waals surface area contributed by atoms with Crippen molar-refractivity contribution >= 4 is 49.6 Å². The summed E-state index contributed by atoms with van der Waals surface area (Å²) >= 11 is 1.55. The fourth-order valence-corrected chi connectivity index (χ4v) is 2.42. The normalized spacial score (nSPS) is 11.3. The summed E-state index contributed by atoms with van der Waals surface area (Å²) in [6, 6.07) is 19.3. The third kappa shape index (κ3) is 7.91. The fraction of sp³-hybridized carbons (Fsp3) is 0.182. The fourth-order valence-electron chi connectivity index (χ4n) is 2.42. The quantitative estimate of drug-likeness (QED) is 0.324. The Hall–Kier alpha value is -0.877. The summed E-state index contributed by atoms with van der Waals surface area (Å²) in [4.78, 5) is 0. The van der Waals surface area contributed by atoms with Crippen molar-refractivity contribution < 1.29 is 24.2 Å². The van der Waals surface area contributed by atoms with Gasteiger partial charge >= 0.3 is 41.3 Å². The van der Waals surface area contributed by atoms with Crippen LogP contribution in [0.15, 0.2) is 72.3 Å². The molecule has 1 aliphatic carbocycles. The van der Waals surface area contributed by atoms with E-state index >= 15 is 0 Å². The number of hydrogen-bond donors (Lipinski definition) is 0. The van der Waals surface area contributed by atoms with Crippen LogP contribution >= 0.6 is 24.8 Å². The molecule has 4 rings (SSSR count). The van der Waals surface area contributed by atoms with Crippen LogP contribution in [-0.4, -0.2) is 3.21 Å². The molecule has 0 heterocycles. The molecule has 0 spiro atoms. The van der Waals surface area contributed by atoms with Gasteiger partial charge in [-0.15, -0.1) is 71.0 Å². The predicted molar refractivity (Wildman–Crippen MR) is 114 cm³/mol. The van der Waals surface area contributed by atoms with Gasteiger partial charge in [-0.3, -0.25) is 6.08 Å². The molecule has 0 radical (unpaired) electrons. The Labute approximate surface area is 178 Å². The molecule has 3 heteroatoms. The standard InChI is InChI=1S/C13H9.C6H7.C3H6.2ClH.Zr/c1-3-7-12-10(5-1)9-11-6-2-4-8-13(11)12;1-6-4-2-3-5-6;1-3-2;;;/h1-9H;2,4H,3H2,1H3;1-2H3;2*1H;/q2*-1;;;;+2. The minimum absolute atomic E-state index is 0. The van der Waals surface area contributed by atoms with E-state index in [9.17, 15) is 0 Å². The number of halogens is 2. The molecule has 0 aromatic heterocycles. The Morgan fingerprint density at radius 1 is 0.920 bits per heavy atom. The first-order valence-electron chi connectivity index (χ1n) is 7.87. The zero-order valence-corrected chi connectivity index (χ0v) is 19.0. The van der Waals surface area contributed by atoms with E-state index in [1.54, 1.807) is 24.2 Å². The molecule has 0 nitrogen and oxygen atoms in total. The van der Waals surface area contributed by atoms with E-state index in [1.165, 1.54) is 30.3 Å². The number of benzene rings is 2. The van der Waals surface area contributed by atoms with Crippen molar-refractivity contribution in [2.75, 3.05) is 0 Å². The van der Waals surface area contributed by atoms with E-state index in [4.69, 9.17) is 0 Å². The van der Waals surface area contributed by atoms with Crippen LogP contribution in [0.4, 0.5) is 0 Å². The van der Waals surface area contributed by atoms with Gasteiger partial charge in [0.2, 0.25) is 0 Å². The van der Waals surface area contributed by atoms with Crippen LogP contribution in [0.5, 0.6) is 0 Å². The first-order valence-corrected chi connectivity index (χ1v) is 9.09. The van der Waals surface area contributed by atoms with E-state index in [0.29, 0.717) is 0 Å². The molecule has 0 bridgehead atoms. The van der Waals surface area contributed by atoms with Gasteiger partial charge in [0.15, 0.2) is 0 Å². The van der Waals surface area contributed by atoms with Crippen molar-refractivity contribution in [3.05, 3.63) is 78.4 Å². The molecule has 0 fully saturated rings. The Kier molecular flexibility index (Phi) is 12.0. The van der Waals surface area contributed by atoms with Gasteiger partial charge in [0, 0.05) is 0 Å². The second kappa shape index (κ2) is 12.5. The van der Waals surface area contributed by atoms with Gasteiger partial charge in [-0.05, 0) is 0 Å². The van der Waals surface area contributed by atoms with Gasteiger partial charge in [-0.25, -0.2) is 11.6 Å². The first kappa shape index (κ1) is 24.1. The van der Waals surface area contributed by atoms with Crippen molar-refractivity contribution in [3.63, 3.8) is 0 Å². The van der Waals surface area contributed by atoms with Gasteiger partial charge in [0.25, 0.3) is 0 Å². The van der Waals surface area contributed by atoms with E-state index in [-0.39, 0.29) is 24.8 Å². The number of allylic oxidation sites excluding steroid dienone is 4. The molecular weight excluding hydrogens is 426 g/mol. The molecule has 0 unspecified atom stereocenters. The van der Waals surface area contributed by atoms with Crippen LogP contribution in [0.25, 0.3) is 21.5 Å². The Balaban J connectivity index is 0.000000410. The topological polar surface area (TPSA) is 0 Å². The maximum absolute atomic E-state index is 3.12. The van der Waals surface area contributed by atoms with Crippen molar-refractivity contribution in [2.45, 2.75) is 27.2 Å². The van der Waals surface area contributed by atoms with Crippen molar-refractivity contribution in [2.24, 2.45) is 0 Å². The number of rotatable bonds is 0. The van der Waals surface area contributed by atoms with E-state index in [0.717, 1.165) is 6.42 Å². The second-order valence-corrected chi connectivity index (χ2v) is 8.24. The van der Waals surface area contributed by atoms with Gasteiger partial charge in [0.1, 0.15) is 0 Å². The van der Waals surface area contributed by atoms with Crippen LogP contribution in [0.3, 0.4) is 0 Å². The van der Waals surface area contributed by atoms with Crippen molar-refractivity contribution in [1.82, 2.24) is 0 Å². The summed E-state index contributed by atoms with van der Waals surface area (Å²) in [7, 11) is 0. The number of fused-ring (bicyclic) bond motifs is 3. The largest absolute Gasteiger partial charge is 0.147 e. The zero-order valence-electron chi connectivity index (χ0n) is 14.9. The molecule has 0 N–H and O–H groups in total. The molecule has 0 saturated heterocycles. The molecule has 1 aliphatic rings. The molecule has 0 saturated carbocycles. The summed E-state index contributed by atoms with van der Waals surface area (Å²) < 4.78 is 1.51. The average molecular weight is 451 g/mol. The summed E-state index contributed by atoms with van der Waals surface area (Å²) in [6.45, 7) is 6.31. The second-order valence-electron chi connectivity index (χ2n) is 5.79. The minimum Gasteiger partial charge on any atom is -0.147 e. The van der Waals surface area contributed by atoms with E-state index < -0.39 is 0 Å². The summed E-state index contributed by atoms with van der Waals surface area (Å²) in [5, 5.41) is 5.39. The predicted octanol–water partition coefficient (Wildman–Crippen LogP) is 7.00. The Morgan fingerprint density at radius 3 is 1.68 bits per heavy atom. The molecule has 0 amide bonds. The maximum atomic E-state index is 3.12. The maximum Gasteiger partial charge on any atom is -0.0771 e. The van der Waals surface area contributed by atoms with Crippen molar-refractivity contribution in [1.29, 1.82) is 0 Å². The smallest absolute Gasteiger partial charge is 0.0771 e. The average Bonchev–Trinajstić information content (AvgIpc) is 3.13. The molecule has 0 aliphatic heterocycles. The van der Waals surface area contributed by atoms with Crippen LogP contribution in [-0.2, 0) is 24.2 Å². The van der Waals surface area contributed by atoms with Crippen molar-refractivity contribution in [3.8, 4) is 0 Å². The summed E-state index contributed by atoms with van der Waals surface area (Å²) in [5.41, 5.74) is 1.27. The van der Waals surface area contributed by atoms with E-state index in [2.05, 4.69) is 93.6 Å². The summed E-state index contributed by atoms with van der Waals surface area (Å²) in [6.07, 6.45) is 8.33. The van der Waals surface area contributed by atoms with Gasteiger partial charge in [0.05, 0.1) is 0 Å². The number of hydrogen-bond acceptors (Lipinski definition) is 0. The SMILES string of the molecule is CC1=[C-]CC=C1.C[C](C)=[Zr+2].Cl.Cl.c1ccc2c(c1)[cH-]c1ccccc12. The molecule has 25 heavy (non-hydrogen) atoms. The first-order chi connectivity index (χ1) is 11.1. The van der Waals surface area contributed by atoms with Gasteiger partial charge < -0.3 is 0 Å². The molecule has 3 aromatic rings. The Bertz CT molecular complexity index is 799. The van der Waals surface area contributed by atoms with E-state index in [1.807, 2.05) is 0 Å². The molecule has 130 valence electrons. The summed E-state index contributed by atoms with van der Waals surface area (Å²) in [5.74, 6) is 0. The van der Waals surface area contributed by atoms with Crippen LogP contribution in [0.2, 0.25) is 0 Å². The third-order valence-electron chi connectivity index (χ3n) is 3.39. The molecular formula is C22H24Cl2Zr. The monoisotopic (exact) mass is 448 g/mol. The molecule has 0 atom stereocenters. The Morgan fingerprint density at radius 2 is 1.36 bits per heavy atom. The minimum atomic E-state index is 0. The van der Waals surface area contributed by atoms with Crippen LogP contribution in [0, 0.1) is 6.08 Å².